The van der Waals surface area contributed by atoms with Crippen LogP contribution in [0, 0.1) is 0 Å². The zero-order valence-corrected chi connectivity index (χ0v) is 13.4. The highest BCUT2D eigenvalue weighted by Gasteiger charge is 2.27. The fourth-order valence-electron chi connectivity index (χ4n) is 2.25. The molecule has 1 amide bonds. The second-order valence-electron chi connectivity index (χ2n) is 4.81. The molecule has 20 heavy (non-hydrogen) atoms. The van der Waals surface area contributed by atoms with Crippen LogP contribution in [-0.2, 0) is 10.0 Å². The molecule has 0 spiro atoms. The molecule has 1 aliphatic heterocycles. The van der Waals surface area contributed by atoms with E-state index in [2.05, 4.69) is 25.6 Å². The highest BCUT2D eigenvalue weighted by Crippen LogP contribution is 2.18. The van der Waals surface area contributed by atoms with Crippen LogP contribution < -0.4 is 4.72 Å². The molecule has 8 heteroatoms. The van der Waals surface area contributed by atoms with Crippen LogP contribution in [-0.4, -0.2) is 49.6 Å². The average Bonchev–Trinajstić information content (AvgIpc) is 2.37. The van der Waals surface area contributed by atoms with Crippen molar-refractivity contribution in [2.75, 3.05) is 19.3 Å². The number of rotatable bonds is 3. The minimum Gasteiger partial charge on any atom is -0.336 e. The number of halogens is 1. The molecule has 1 unspecified atom stereocenters. The molecule has 1 fully saturated rings. The van der Waals surface area contributed by atoms with Gasteiger partial charge >= 0.3 is 0 Å². The lowest BCUT2D eigenvalue weighted by Gasteiger charge is -2.32. The van der Waals surface area contributed by atoms with Crippen LogP contribution in [0.5, 0.6) is 0 Å². The minimum absolute atomic E-state index is 0.183. The molecular formula is C12H16BrN3O3S. The summed E-state index contributed by atoms with van der Waals surface area (Å²) >= 11 is 3.31. The first-order valence-corrected chi connectivity index (χ1v) is 8.92. The van der Waals surface area contributed by atoms with Crippen molar-refractivity contribution in [3.8, 4) is 0 Å². The fraction of sp³-hybridized carbons (Fsp3) is 0.500. The Bertz CT molecular complexity index is 606. The van der Waals surface area contributed by atoms with Crippen molar-refractivity contribution in [2.45, 2.75) is 18.9 Å². The van der Waals surface area contributed by atoms with Crippen LogP contribution in [0.15, 0.2) is 22.8 Å². The lowest BCUT2D eigenvalue weighted by atomic mass is 10.1. The van der Waals surface area contributed by atoms with Crippen molar-refractivity contribution >= 4 is 31.9 Å². The second-order valence-corrected chi connectivity index (χ2v) is 7.45. The van der Waals surface area contributed by atoms with Crippen LogP contribution >= 0.6 is 15.9 Å². The molecule has 0 bridgehead atoms. The number of nitrogens with zero attached hydrogens (tertiary/aromatic N) is 2. The van der Waals surface area contributed by atoms with Gasteiger partial charge in [-0.05, 0) is 40.9 Å². The van der Waals surface area contributed by atoms with Crippen LogP contribution in [0.25, 0.3) is 0 Å². The van der Waals surface area contributed by atoms with Gasteiger partial charge in [0.15, 0.2) is 0 Å². The van der Waals surface area contributed by atoms with E-state index in [0.29, 0.717) is 23.3 Å². The van der Waals surface area contributed by atoms with Gasteiger partial charge in [0.05, 0.1) is 6.26 Å². The number of carbonyl (C=O) groups excluding carboxylic acids is 1. The molecule has 0 aromatic carbocycles. The Morgan fingerprint density at radius 2 is 2.30 bits per heavy atom. The predicted octanol–water partition coefficient (Wildman–Crippen LogP) is 0.998. The van der Waals surface area contributed by atoms with E-state index in [4.69, 9.17) is 0 Å². The Kier molecular flexibility index (Phi) is 4.77. The van der Waals surface area contributed by atoms with Gasteiger partial charge in [-0.1, -0.05) is 0 Å². The van der Waals surface area contributed by atoms with Crippen molar-refractivity contribution < 1.29 is 13.2 Å². The van der Waals surface area contributed by atoms with E-state index in [0.717, 1.165) is 19.1 Å². The molecule has 1 atom stereocenters. The Hall–Kier alpha value is -0.990. The molecule has 0 saturated carbocycles. The first kappa shape index (κ1) is 15.4. The van der Waals surface area contributed by atoms with Gasteiger partial charge in [-0.25, -0.2) is 18.1 Å². The highest BCUT2D eigenvalue weighted by atomic mass is 79.9. The Morgan fingerprint density at radius 3 is 2.95 bits per heavy atom. The molecule has 6 nitrogen and oxygen atoms in total. The number of sulfonamides is 1. The van der Waals surface area contributed by atoms with Crippen molar-refractivity contribution in [3.05, 3.63) is 28.5 Å². The van der Waals surface area contributed by atoms with E-state index in [1.54, 1.807) is 23.2 Å². The summed E-state index contributed by atoms with van der Waals surface area (Å²) in [6.07, 6.45) is 4.20. The lowest BCUT2D eigenvalue weighted by molar-refractivity contribution is 0.0696. The van der Waals surface area contributed by atoms with Crippen LogP contribution in [0.2, 0.25) is 0 Å². The van der Waals surface area contributed by atoms with Crippen molar-refractivity contribution in [3.63, 3.8) is 0 Å². The molecule has 2 rings (SSSR count). The summed E-state index contributed by atoms with van der Waals surface area (Å²) in [6.45, 7) is 0.985. The van der Waals surface area contributed by atoms with Crippen molar-refractivity contribution in [2.24, 2.45) is 0 Å². The van der Waals surface area contributed by atoms with Crippen LogP contribution in [0.3, 0.4) is 0 Å². The Morgan fingerprint density at radius 1 is 1.55 bits per heavy atom. The summed E-state index contributed by atoms with van der Waals surface area (Å²) < 4.78 is 25.7. The van der Waals surface area contributed by atoms with E-state index < -0.39 is 10.0 Å². The van der Waals surface area contributed by atoms with Gasteiger partial charge in [0.1, 0.15) is 5.69 Å². The number of amides is 1. The van der Waals surface area contributed by atoms with E-state index >= 15 is 0 Å². The third-order valence-electron chi connectivity index (χ3n) is 3.05. The summed E-state index contributed by atoms with van der Waals surface area (Å²) in [4.78, 5) is 18.1. The number of aromatic nitrogens is 1. The number of hydrogen-bond donors (Lipinski definition) is 1. The number of carbonyl (C=O) groups is 1. The van der Waals surface area contributed by atoms with Crippen LogP contribution in [0.4, 0.5) is 0 Å². The maximum atomic E-state index is 12.4. The van der Waals surface area contributed by atoms with Gasteiger partial charge in [0.25, 0.3) is 5.91 Å². The minimum atomic E-state index is -3.26. The molecule has 1 aromatic rings. The molecule has 0 aliphatic carbocycles. The number of hydrogen-bond acceptors (Lipinski definition) is 4. The SMILES string of the molecule is CS(=O)(=O)NC1CCCN(C(=O)c2ncccc2Br)C1. The van der Waals surface area contributed by atoms with Crippen molar-refractivity contribution in [1.29, 1.82) is 0 Å². The summed E-state index contributed by atoms with van der Waals surface area (Å²) in [5, 5.41) is 0. The third-order valence-corrected chi connectivity index (χ3v) is 4.45. The molecule has 0 radical (unpaired) electrons. The van der Waals surface area contributed by atoms with Gasteiger partial charge < -0.3 is 4.90 Å². The average molecular weight is 362 g/mol. The van der Waals surface area contributed by atoms with Crippen LogP contribution in [0.1, 0.15) is 23.3 Å². The topological polar surface area (TPSA) is 79.4 Å². The summed E-state index contributed by atoms with van der Waals surface area (Å²) in [5.41, 5.74) is 0.354. The lowest BCUT2D eigenvalue weighted by Crippen LogP contribution is -2.49. The van der Waals surface area contributed by atoms with Gasteiger partial charge in [-0.3, -0.25) is 4.79 Å². The maximum absolute atomic E-state index is 12.4. The Labute approximate surface area is 126 Å². The largest absolute Gasteiger partial charge is 0.336 e. The number of likely N-dealkylation sites (tertiary alicyclic amines) is 1. The monoisotopic (exact) mass is 361 g/mol. The van der Waals surface area contributed by atoms with Gasteiger partial charge in [-0.2, -0.15) is 0 Å². The summed E-state index contributed by atoms with van der Waals surface area (Å²) in [5.74, 6) is -0.183. The fourth-order valence-corrected chi connectivity index (χ4v) is 3.48. The summed E-state index contributed by atoms with van der Waals surface area (Å²) in [6, 6.07) is 3.27. The number of piperidine rings is 1. The molecule has 110 valence electrons. The number of pyridine rings is 1. The van der Waals surface area contributed by atoms with Gasteiger partial charge in [-0.15, -0.1) is 0 Å². The normalized spacial score (nSPS) is 19.9. The van der Waals surface area contributed by atoms with E-state index in [-0.39, 0.29) is 11.9 Å². The van der Waals surface area contributed by atoms with Gasteiger partial charge in [0.2, 0.25) is 10.0 Å². The molecule has 1 aliphatic rings. The highest BCUT2D eigenvalue weighted by molar-refractivity contribution is 9.10. The van der Waals surface area contributed by atoms with E-state index in [1.165, 1.54) is 0 Å². The standard InChI is InChI=1S/C12H16BrN3O3S/c1-20(18,19)15-9-4-3-7-16(8-9)12(17)11-10(13)5-2-6-14-11/h2,5-6,9,15H,3-4,7-8H2,1H3. The molecule has 1 aromatic heterocycles. The molecule has 2 heterocycles. The number of nitrogens with one attached hydrogen (secondary N) is 1. The predicted molar refractivity (Wildman–Crippen MR) is 78.8 cm³/mol. The maximum Gasteiger partial charge on any atom is 0.273 e. The van der Waals surface area contributed by atoms with E-state index in [9.17, 15) is 13.2 Å². The molecule has 1 N–H and O–H groups in total. The quantitative estimate of drug-likeness (QED) is 0.870. The molecule has 1 saturated heterocycles. The zero-order valence-electron chi connectivity index (χ0n) is 11.0. The second kappa shape index (κ2) is 6.19. The smallest absolute Gasteiger partial charge is 0.273 e. The third kappa shape index (κ3) is 4.00. The van der Waals surface area contributed by atoms with Gasteiger partial charge in [0, 0.05) is 29.8 Å². The summed E-state index contributed by atoms with van der Waals surface area (Å²) in [7, 11) is -3.26. The van der Waals surface area contributed by atoms with E-state index in [1.807, 2.05) is 0 Å². The van der Waals surface area contributed by atoms with Crippen molar-refractivity contribution in [1.82, 2.24) is 14.6 Å². The Balaban J connectivity index is 2.09. The first-order valence-electron chi connectivity index (χ1n) is 6.24. The molecular weight excluding hydrogens is 346 g/mol. The first-order chi connectivity index (χ1) is 9.37. The zero-order chi connectivity index (χ0) is 14.8.